The summed E-state index contributed by atoms with van der Waals surface area (Å²) in [4.78, 5) is 10.4. The van der Waals surface area contributed by atoms with Crippen molar-refractivity contribution >= 4 is 5.97 Å². The lowest BCUT2D eigenvalue weighted by molar-refractivity contribution is -0.138. The van der Waals surface area contributed by atoms with Crippen LogP contribution in [0.1, 0.15) is 13.3 Å². The smallest absolute Gasteiger partial charge is 0.307 e. The highest BCUT2D eigenvalue weighted by atomic mass is 16.5. The average molecular weight is 210 g/mol. The molecule has 0 amide bonds. The van der Waals surface area contributed by atoms with Crippen LogP contribution in [0.2, 0.25) is 0 Å². The highest BCUT2D eigenvalue weighted by Gasteiger charge is 2.11. The number of benzene rings is 1. The van der Waals surface area contributed by atoms with Crippen LogP contribution in [0.5, 0.6) is 11.5 Å². The summed E-state index contributed by atoms with van der Waals surface area (Å²) >= 11 is 0. The predicted molar refractivity (Wildman–Crippen MR) is 55.3 cm³/mol. The Balaban J connectivity index is 2.67. The number of aliphatic carboxylic acids is 1. The van der Waals surface area contributed by atoms with Crippen molar-refractivity contribution in [1.82, 2.24) is 0 Å². The standard InChI is InChI=1S/C11H14O4/c1-8(7-11(12)13)15-10-6-4-3-5-9(10)14-2/h3-6,8H,7H2,1-2H3,(H,12,13)/t8-/m0/s1. The summed E-state index contributed by atoms with van der Waals surface area (Å²) in [7, 11) is 1.55. The molecular weight excluding hydrogens is 196 g/mol. The molecule has 0 unspecified atom stereocenters. The zero-order chi connectivity index (χ0) is 11.3. The van der Waals surface area contributed by atoms with Gasteiger partial charge in [0.2, 0.25) is 0 Å². The van der Waals surface area contributed by atoms with Crippen LogP contribution in [0.4, 0.5) is 0 Å². The third-order valence-corrected chi connectivity index (χ3v) is 1.86. The van der Waals surface area contributed by atoms with Gasteiger partial charge in [-0.2, -0.15) is 0 Å². The maximum atomic E-state index is 10.4. The van der Waals surface area contributed by atoms with E-state index in [1.807, 2.05) is 12.1 Å². The molecule has 15 heavy (non-hydrogen) atoms. The normalized spacial score (nSPS) is 11.9. The highest BCUT2D eigenvalue weighted by Crippen LogP contribution is 2.27. The van der Waals surface area contributed by atoms with Crippen molar-refractivity contribution in [3.05, 3.63) is 24.3 Å². The van der Waals surface area contributed by atoms with Crippen molar-refractivity contribution in [1.29, 1.82) is 0 Å². The molecule has 1 atom stereocenters. The van der Waals surface area contributed by atoms with Gasteiger partial charge in [-0.3, -0.25) is 4.79 Å². The minimum Gasteiger partial charge on any atom is -0.493 e. The van der Waals surface area contributed by atoms with E-state index in [1.165, 1.54) is 0 Å². The first-order chi connectivity index (χ1) is 7.13. The fraction of sp³-hybridized carbons (Fsp3) is 0.364. The molecule has 0 aliphatic carbocycles. The molecule has 0 aliphatic rings. The molecule has 0 saturated heterocycles. The lowest BCUT2D eigenvalue weighted by Crippen LogP contribution is -2.16. The minimum atomic E-state index is -0.877. The Morgan fingerprint density at radius 3 is 2.53 bits per heavy atom. The van der Waals surface area contributed by atoms with Crippen molar-refractivity contribution < 1.29 is 19.4 Å². The van der Waals surface area contributed by atoms with E-state index in [-0.39, 0.29) is 12.5 Å². The SMILES string of the molecule is COc1ccccc1O[C@@H](C)CC(=O)O. The first kappa shape index (κ1) is 11.4. The Labute approximate surface area is 88.4 Å². The van der Waals surface area contributed by atoms with E-state index in [9.17, 15) is 4.79 Å². The van der Waals surface area contributed by atoms with Gasteiger partial charge in [-0.15, -0.1) is 0 Å². The molecule has 1 rings (SSSR count). The maximum Gasteiger partial charge on any atom is 0.307 e. The van der Waals surface area contributed by atoms with Gasteiger partial charge in [0, 0.05) is 0 Å². The van der Waals surface area contributed by atoms with Gasteiger partial charge in [-0.1, -0.05) is 12.1 Å². The molecule has 0 bridgehead atoms. The number of hydrogen-bond acceptors (Lipinski definition) is 3. The maximum absolute atomic E-state index is 10.4. The molecule has 1 aromatic rings. The average Bonchev–Trinajstić information content (AvgIpc) is 2.17. The summed E-state index contributed by atoms with van der Waals surface area (Å²) in [5, 5.41) is 8.58. The van der Waals surface area contributed by atoms with E-state index in [4.69, 9.17) is 14.6 Å². The molecule has 0 aromatic heterocycles. The largest absolute Gasteiger partial charge is 0.493 e. The first-order valence-corrected chi connectivity index (χ1v) is 4.65. The van der Waals surface area contributed by atoms with E-state index in [0.29, 0.717) is 11.5 Å². The summed E-state index contributed by atoms with van der Waals surface area (Å²) in [5.41, 5.74) is 0. The van der Waals surface area contributed by atoms with Gasteiger partial charge in [-0.25, -0.2) is 0 Å². The number of hydrogen-bond donors (Lipinski definition) is 1. The highest BCUT2D eigenvalue weighted by molar-refractivity contribution is 5.67. The summed E-state index contributed by atoms with van der Waals surface area (Å²) in [6.45, 7) is 1.71. The topological polar surface area (TPSA) is 55.8 Å². The third-order valence-electron chi connectivity index (χ3n) is 1.86. The third kappa shape index (κ3) is 3.50. The summed E-state index contributed by atoms with van der Waals surface area (Å²) in [6, 6.07) is 7.15. The van der Waals surface area contributed by atoms with Gasteiger partial charge in [-0.05, 0) is 19.1 Å². The van der Waals surface area contributed by atoms with E-state index in [2.05, 4.69) is 0 Å². The lowest BCUT2D eigenvalue weighted by atomic mass is 10.2. The van der Waals surface area contributed by atoms with Gasteiger partial charge in [0.1, 0.15) is 6.10 Å². The Hall–Kier alpha value is -1.71. The van der Waals surface area contributed by atoms with Crippen LogP contribution < -0.4 is 9.47 Å². The molecule has 0 saturated carbocycles. The Morgan fingerprint density at radius 2 is 2.00 bits per heavy atom. The van der Waals surface area contributed by atoms with Crippen LogP contribution in [0.3, 0.4) is 0 Å². The molecule has 0 radical (unpaired) electrons. The number of ether oxygens (including phenoxy) is 2. The van der Waals surface area contributed by atoms with Crippen molar-refractivity contribution in [2.24, 2.45) is 0 Å². The van der Waals surface area contributed by atoms with Crippen LogP contribution in [0.15, 0.2) is 24.3 Å². The molecule has 0 aliphatic heterocycles. The van der Waals surface area contributed by atoms with Crippen molar-refractivity contribution in [2.75, 3.05) is 7.11 Å². The first-order valence-electron chi connectivity index (χ1n) is 4.65. The fourth-order valence-corrected chi connectivity index (χ4v) is 1.22. The van der Waals surface area contributed by atoms with Crippen molar-refractivity contribution in [3.63, 3.8) is 0 Å². The molecule has 1 N–H and O–H groups in total. The van der Waals surface area contributed by atoms with Crippen molar-refractivity contribution in [2.45, 2.75) is 19.4 Å². The lowest BCUT2D eigenvalue weighted by Gasteiger charge is -2.14. The van der Waals surface area contributed by atoms with Crippen LogP contribution in [-0.4, -0.2) is 24.3 Å². The minimum absolute atomic E-state index is 0.0297. The van der Waals surface area contributed by atoms with E-state index in [0.717, 1.165) is 0 Å². The Morgan fingerprint density at radius 1 is 1.40 bits per heavy atom. The van der Waals surface area contributed by atoms with E-state index in [1.54, 1.807) is 26.2 Å². The molecule has 0 fully saturated rings. The molecule has 82 valence electrons. The number of carbonyl (C=O) groups is 1. The van der Waals surface area contributed by atoms with Crippen molar-refractivity contribution in [3.8, 4) is 11.5 Å². The van der Waals surface area contributed by atoms with E-state index >= 15 is 0 Å². The molecule has 1 aromatic carbocycles. The van der Waals surface area contributed by atoms with E-state index < -0.39 is 5.97 Å². The zero-order valence-corrected chi connectivity index (χ0v) is 8.77. The summed E-state index contributed by atoms with van der Waals surface area (Å²) < 4.78 is 10.5. The molecular formula is C11H14O4. The summed E-state index contributed by atoms with van der Waals surface area (Å²) in [6.07, 6.45) is -0.406. The molecule has 0 spiro atoms. The second-order valence-corrected chi connectivity index (χ2v) is 3.18. The van der Waals surface area contributed by atoms with Gasteiger partial charge in [0.15, 0.2) is 11.5 Å². The number of rotatable bonds is 5. The van der Waals surface area contributed by atoms with Crippen LogP contribution in [-0.2, 0) is 4.79 Å². The van der Waals surface area contributed by atoms with Crippen LogP contribution in [0, 0.1) is 0 Å². The number of carboxylic acids is 1. The summed E-state index contributed by atoms with van der Waals surface area (Å²) in [5.74, 6) is 0.292. The fourth-order valence-electron chi connectivity index (χ4n) is 1.22. The predicted octanol–water partition coefficient (Wildman–Crippen LogP) is 1.94. The second kappa shape index (κ2) is 5.24. The molecule has 0 heterocycles. The zero-order valence-electron chi connectivity index (χ0n) is 8.77. The van der Waals surface area contributed by atoms with Gasteiger partial charge < -0.3 is 14.6 Å². The monoisotopic (exact) mass is 210 g/mol. The Kier molecular flexibility index (Phi) is 3.97. The van der Waals surface area contributed by atoms with Gasteiger partial charge in [0.05, 0.1) is 13.5 Å². The molecule has 4 nitrogen and oxygen atoms in total. The Bertz CT molecular complexity index is 335. The van der Waals surface area contributed by atoms with Crippen LogP contribution >= 0.6 is 0 Å². The van der Waals surface area contributed by atoms with Gasteiger partial charge >= 0.3 is 5.97 Å². The molecule has 4 heteroatoms. The number of carboxylic acid groups (broad SMARTS) is 1. The quantitative estimate of drug-likeness (QED) is 0.806. The van der Waals surface area contributed by atoms with Crippen LogP contribution in [0.25, 0.3) is 0 Å². The van der Waals surface area contributed by atoms with Gasteiger partial charge in [0.25, 0.3) is 0 Å². The number of methoxy groups -OCH3 is 1. The number of para-hydroxylation sites is 2. The second-order valence-electron chi connectivity index (χ2n) is 3.18.